The molecule has 0 aliphatic carbocycles. The van der Waals surface area contributed by atoms with E-state index in [1.165, 1.54) is 0 Å². The number of imidazole rings is 1. The van der Waals surface area contributed by atoms with Crippen molar-refractivity contribution in [1.29, 1.82) is 0 Å². The standard InChI is InChI=1S/C27H21BrClN3O3/c1-32-15-30-13-25(32)27(35,18-5-7-23(28)17(9-18)14-33)19-6-8-24-22(11-19)21(12-26(29)31-24)16-3-2-4-20(34)10-16/h2-13,15,33-35H,14H2,1H3. The highest BCUT2D eigenvalue weighted by Crippen LogP contribution is 2.40. The molecule has 0 amide bonds. The van der Waals surface area contributed by atoms with Crippen molar-refractivity contribution < 1.29 is 15.3 Å². The molecule has 0 spiro atoms. The third-order valence-corrected chi connectivity index (χ3v) is 7.14. The number of phenolic OH excluding ortho intramolecular Hbond substituents is 1. The highest BCUT2D eigenvalue weighted by Gasteiger charge is 2.37. The SMILES string of the molecule is Cn1cncc1C(O)(c1ccc(Br)c(CO)c1)c1ccc2nc(Cl)cc(-c3cccc(O)c3)c2c1. The average Bonchev–Trinajstić information content (AvgIpc) is 3.29. The van der Waals surface area contributed by atoms with Gasteiger partial charge in [-0.05, 0) is 70.3 Å². The number of aryl methyl sites for hydroxylation is 1. The molecule has 8 heteroatoms. The fourth-order valence-electron chi connectivity index (χ4n) is 4.42. The lowest BCUT2D eigenvalue weighted by atomic mass is 9.82. The number of hydrogen-bond acceptors (Lipinski definition) is 5. The van der Waals surface area contributed by atoms with Gasteiger partial charge in [0.15, 0.2) is 5.60 Å². The van der Waals surface area contributed by atoms with Gasteiger partial charge in [-0.15, -0.1) is 0 Å². The van der Waals surface area contributed by atoms with Crippen LogP contribution in [0.5, 0.6) is 5.75 Å². The number of nitrogens with zero attached hydrogens (tertiary/aromatic N) is 3. The second-order valence-corrected chi connectivity index (χ2v) is 9.58. The van der Waals surface area contributed by atoms with Gasteiger partial charge in [-0.3, -0.25) is 0 Å². The number of aromatic nitrogens is 3. The maximum atomic E-state index is 12.4. The van der Waals surface area contributed by atoms with Crippen LogP contribution in [-0.4, -0.2) is 29.9 Å². The molecular formula is C27H21BrClN3O3. The number of halogens is 2. The van der Waals surface area contributed by atoms with Crippen molar-refractivity contribution in [3.63, 3.8) is 0 Å². The summed E-state index contributed by atoms with van der Waals surface area (Å²) in [5.74, 6) is 0.137. The molecule has 6 nitrogen and oxygen atoms in total. The molecule has 0 saturated heterocycles. The zero-order chi connectivity index (χ0) is 24.7. The number of hydrogen-bond donors (Lipinski definition) is 3. The van der Waals surface area contributed by atoms with Crippen LogP contribution in [0.4, 0.5) is 0 Å². The van der Waals surface area contributed by atoms with Gasteiger partial charge in [-0.2, -0.15) is 0 Å². The van der Waals surface area contributed by atoms with Gasteiger partial charge in [-0.25, -0.2) is 9.97 Å². The summed E-state index contributed by atoms with van der Waals surface area (Å²) in [6.45, 7) is -0.183. The Morgan fingerprint density at radius 3 is 2.51 bits per heavy atom. The van der Waals surface area contributed by atoms with Crippen LogP contribution < -0.4 is 0 Å². The van der Waals surface area contributed by atoms with Crippen molar-refractivity contribution in [2.24, 2.45) is 7.05 Å². The van der Waals surface area contributed by atoms with E-state index in [2.05, 4.69) is 25.9 Å². The zero-order valence-electron chi connectivity index (χ0n) is 18.7. The number of benzene rings is 3. The van der Waals surface area contributed by atoms with Gasteiger partial charge in [-0.1, -0.05) is 51.8 Å². The predicted octanol–water partition coefficient (Wildman–Crippen LogP) is 5.53. The van der Waals surface area contributed by atoms with Crippen LogP contribution in [0.25, 0.3) is 22.0 Å². The van der Waals surface area contributed by atoms with E-state index < -0.39 is 5.60 Å². The van der Waals surface area contributed by atoms with E-state index in [4.69, 9.17) is 11.6 Å². The largest absolute Gasteiger partial charge is 0.508 e. The Morgan fingerprint density at radius 2 is 1.80 bits per heavy atom. The van der Waals surface area contributed by atoms with Crippen LogP contribution in [-0.2, 0) is 19.3 Å². The van der Waals surface area contributed by atoms with E-state index in [9.17, 15) is 15.3 Å². The fraction of sp³-hybridized carbons (Fsp3) is 0.111. The van der Waals surface area contributed by atoms with Gasteiger partial charge in [0.25, 0.3) is 0 Å². The maximum Gasteiger partial charge on any atom is 0.156 e. The first-order valence-electron chi connectivity index (χ1n) is 10.8. The molecule has 1 atom stereocenters. The summed E-state index contributed by atoms with van der Waals surface area (Å²) in [7, 11) is 1.82. The first-order chi connectivity index (χ1) is 16.8. The summed E-state index contributed by atoms with van der Waals surface area (Å²) < 4.78 is 2.51. The van der Waals surface area contributed by atoms with Crippen LogP contribution in [0.3, 0.4) is 0 Å². The molecule has 1 unspecified atom stereocenters. The second kappa shape index (κ2) is 9.09. The maximum absolute atomic E-state index is 12.4. The minimum Gasteiger partial charge on any atom is -0.508 e. The molecule has 0 saturated carbocycles. The fourth-order valence-corrected chi connectivity index (χ4v) is 4.99. The van der Waals surface area contributed by atoms with E-state index in [0.717, 1.165) is 21.0 Å². The van der Waals surface area contributed by atoms with E-state index in [1.807, 2.05) is 43.4 Å². The highest BCUT2D eigenvalue weighted by molar-refractivity contribution is 9.10. The first kappa shape index (κ1) is 23.5. The molecule has 0 fully saturated rings. The number of phenols is 1. The number of aliphatic hydroxyl groups is 2. The first-order valence-corrected chi connectivity index (χ1v) is 12.0. The predicted molar refractivity (Wildman–Crippen MR) is 139 cm³/mol. The van der Waals surface area contributed by atoms with E-state index in [0.29, 0.717) is 33.1 Å². The van der Waals surface area contributed by atoms with E-state index >= 15 is 0 Å². The molecule has 5 aromatic rings. The van der Waals surface area contributed by atoms with Gasteiger partial charge in [0.1, 0.15) is 10.9 Å². The Kier molecular flexibility index (Phi) is 6.11. The third kappa shape index (κ3) is 4.10. The smallest absolute Gasteiger partial charge is 0.156 e. The van der Waals surface area contributed by atoms with Crippen molar-refractivity contribution in [2.75, 3.05) is 0 Å². The van der Waals surface area contributed by atoms with Crippen LogP contribution in [0.15, 0.2) is 83.7 Å². The van der Waals surface area contributed by atoms with Crippen molar-refractivity contribution >= 4 is 38.4 Å². The van der Waals surface area contributed by atoms with Crippen molar-refractivity contribution in [2.45, 2.75) is 12.2 Å². The quantitative estimate of drug-likeness (QED) is 0.250. The lowest BCUT2D eigenvalue weighted by Crippen LogP contribution is -2.31. The molecule has 2 heterocycles. The summed E-state index contributed by atoms with van der Waals surface area (Å²) in [6.07, 6.45) is 3.26. The molecule has 0 aliphatic rings. The van der Waals surface area contributed by atoms with Crippen molar-refractivity contribution in [1.82, 2.24) is 14.5 Å². The zero-order valence-corrected chi connectivity index (χ0v) is 21.0. The minimum atomic E-state index is -1.58. The van der Waals surface area contributed by atoms with Crippen molar-refractivity contribution in [3.8, 4) is 16.9 Å². The van der Waals surface area contributed by atoms with Crippen molar-refractivity contribution in [3.05, 3.63) is 111 Å². The van der Waals surface area contributed by atoms with Gasteiger partial charge in [0.05, 0.1) is 30.3 Å². The summed E-state index contributed by atoms with van der Waals surface area (Å²) in [4.78, 5) is 8.70. The minimum absolute atomic E-state index is 0.137. The summed E-state index contributed by atoms with van der Waals surface area (Å²) in [5.41, 5.74) is 2.99. The molecule has 35 heavy (non-hydrogen) atoms. The summed E-state index contributed by atoms with van der Waals surface area (Å²) in [5, 5.41) is 33.4. The number of aromatic hydroxyl groups is 1. The van der Waals surface area contributed by atoms with Crippen LogP contribution in [0, 0.1) is 0 Å². The van der Waals surface area contributed by atoms with Gasteiger partial charge >= 0.3 is 0 Å². The average molecular weight is 551 g/mol. The third-order valence-electron chi connectivity index (χ3n) is 6.17. The lowest BCUT2D eigenvalue weighted by molar-refractivity contribution is 0.117. The molecule has 176 valence electrons. The molecule has 0 radical (unpaired) electrons. The van der Waals surface area contributed by atoms with Crippen LogP contribution in [0.2, 0.25) is 5.15 Å². The van der Waals surface area contributed by atoms with Gasteiger partial charge < -0.3 is 19.9 Å². The Labute approximate surface area is 215 Å². The Balaban J connectivity index is 1.81. The van der Waals surface area contributed by atoms with E-state index in [1.54, 1.807) is 47.4 Å². The Morgan fingerprint density at radius 1 is 1.03 bits per heavy atom. The summed E-state index contributed by atoms with van der Waals surface area (Å²) in [6, 6.07) is 19.6. The van der Waals surface area contributed by atoms with Crippen LogP contribution in [0.1, 0.15) is 22.4 Å². The monoisotopic (exact) mass is 549 g/mol. The molecule has 3 N–H and O–H groups in total. The molecule has 0 aliphatic heterocycles. The molecule has 0 bridgehead atoms. The molecule has 2 aromatic heterocycles. The molecule has 3 aromatic carbocycles. The highest BCUT2D eigenvalue weighted by atomic mass is 79.9. The number of pyridine rings is 1. The molecular weight excluding hydrogens is 530 g/mol. The number of aliphatic hydroxyl groups excluding tert-OH is 1. The molecule has 5 rings (SSSR count). The van der Waals surface area contributed by atoms with Gasteiger partial charge in [0.2, 0.25) is 0 Å². The lowest BCUT2D eigenvalue weighted by Gasteiger charge is -2.30. The summed E-state index contributed by atoms with van der Waals surface area (Å²) >= 11 is 9.78. The Bertz CT molecular complexity index is 1570. The van der Waals surface area contributed by atoms with Gasteiger partial charge in [0, 0.05) is 16.9 Å². The Hall–Kier alpha value is -3.23. The normalized spacial score (nSPS) is 13.2. The number of fused-ring (bicyclic) bond motifs is 1. The topological polar surface area (TPSA) is 91.4 Å². The van der Waals surface area contributed by atoms with Crippen LogP contribution >= 0.6 is 27.5 Å². The second-order valence-electron chi connectivity index (χ2n) is 8.34. The van der Waals surface area contributed by atoms with E-state index in [-0.39, 0.29) is 12.4 Å². The number of rotatable bonds is 5.